The van der Waals surface area contributed by atoms with Gasteiger partial charge in [0.15, 0.2) is 0 Å². The van der Waals surface area contributed by atoms with Gasteiger partial charge in [0.1, 0.15) is 12.4 Å². The van der Waals surface area contributed by atoms with Gasteiger partial charge < -0.3 is 14.4 Å². The Morgan fingerprint density at radius 2 is 2.15 bits per heavy atom. The number of hydrogen-bond acceptors (Lipinski definition) is 6. The second kappa shape index (κ2) is 6.83. The van der Waals surface area contributed by atoms with E-state index in [2.05, 4.69) is 9.97 Å². The molecule has 0 aromatic carbocycles. The van der Waals surface area contributed by atoms with Crippen LogP contribution in [-0.4, -0.2) is 52.5 Å². The number of likely N-dealkylation sites (tertiary alicyclic amines) is 1. The molecule has 1 aromatic heterocycles. The molecule has 0 radical (unpaired) electrons. The van der Waals surface area contributed by atoms with E-state index in [1.165, 1.54) is 11.2 Å². The fourth-order valence-electron chi connectivity index (χ4n) is 2.02. The van der Waals surface area contributed by atoms with E-state index in [-0.39, 0.29) is 12.7 Å². The van der Waals surface area contributed by atoms with Crippen LogP contribution in [0, 0.1) is 0 Å². The summed E-state index contributed by atoms with van der Waals surface area (Å²) in [5.41, 5.74) is 0. The molecule has 0 N–H and O–H groups in total. The number of ether oxygens (including phenoxy) is 2. The van der Waals surface area contributed by atoms with Crippen molar-refractivity contribution in [1.29, 1.82) is 0 Å². The average molecular weight is 279 g/mol. The normalized spacial score (nSPS) is 15.8. The summed E-state index contributed by atoms with van der Waals surface area (Å²) >= 11 is 0. The molecule has 2 heterocycles. The Morgan fingerprint density at radius 3 is 2.75 bits per heavy atom. The van der Waals surface area contributed by atoms with Gasteiger partial charge in [-0.05, 0) is 6.92 Å². The maximum atomic E-state index is 11.7. The minimum Gasteiger partial charge on any atom is -0.474 e. The predicted octanol–water partition coefficient (Wildman–Crippen LogP) is 0.409. The maximum absolute atomic E-state index is 11.7. The molecule has 2 rings (SSSR count). The van der Waals surface area contributed by atoms with Gasteiger partial charge in [0.2, 0.25) is 5.88 Å². The summed E-state index contributed by atoms with van der Waals surface area (Å²) < 4.78 is 10.4. The topological polar surface area (TPSA) is 81.6 Å². The lowest BCUT2D eigenvalue weighted by Gasteiger charge is -2.31. The minimum atomic E-state index is -0.789. The standard InChI is InChI=1S/C13H17N3O4/c1-2-19-13(18)12(17)16-7-4-10(5-8-16)20-11-3-6-14-9-15-11/h3,6,9-10H,2,4-5,7-8H2,1H3. The highest BCUT2D eigenvalue weighted by atomic mass is 16.5. The van der Waals surface area contributed by atoms with Crippen molar-refractivity contribution in [1.82, 2.24) is 14.9 Å². The monoisotopic (exact) mass is 279 g/mol. The quantitative estimate of drug-likeness (QED) is 0.589. The van der Waals surface area contributed by atoms with Gasteiger partial charge in [-0.1, -0.05) is 0 Å². The third-order valence-electron chi connectivity index (χ3n) is 3.02. The van der Waals surface area contributed by atoms with Gasteiger partial charge in [0.25, 0.3) is 0 Å². The van der Waals surface area contributed by atoms with Crippen LogP contribution < -0.4 is 4.74 Å². The number of amides is 1. The maximum Gasteiger partial charge on any atom is 0.397 e. The SMILES string of the molecule is CCOC(=O)C(=O)N1CCC(Oc2ccncn2)CC1. The van der Waals surface area contributed by atoms with Gasteiger partial charge in [-0.3, -0.25) is 4.79 Å². The highest BCUT2D eigenvalue weighted by Gasteiger charge is 2.28. The molecule has 7 heteroatoms. The highest BCUT2D eigenvalue weighted by Crippen LogP contribution is 2.16. The molecular formula is C13H17N3O4. The second-order valence-electron chi connectivity index (χ2n) is 4.38. The van der Waals surface area contributed by atoms with Crippen molar-refractivity contribution in [2.75, 3.05) is 19.7 Å². The lowest BCUT2D eigenvalue weighted by molar-refractivity contribution is -0.160. The number of carbonyl (C=O) groups is 2. The van der Waals surface area contributed by atoms with Crippen LogP contribution in [0.1, 0.15) is 19.8 Å². The molecule has 0 unspecified atom stereocenters. The van der Waals surface area contributed by atoms with Crippen LogP contribution in [0.4, 0.5) is 0 Å². The third kappa shape index (κ3) is 3.66. The van der Waals surface area contributed by atoms with Crippen molar-refractivity contribution in [2.45, 2.75) is 25.9 Å². The van der Waals surface area contributed by atoms with Gasteiger partial charge in [-0.25, -0.2) is 14.8 Å². The van der Waals surface area contributed by atoms with Gasteiger partial charge in [-0.15, -0.1) is 0 Å². The van der Waals surface area contributed by atoms with E-state index in [1.54, 1.807) is 19.2 Å². The molecule has 0 spiro atoms. The van der Waals surface area contributed by atoms with E-state index in [0.29, 0.717) is 31.8 Å². The Hall–Kier alpha value is -2.18. The van der Waals surface area contributed by atoms with Gasteiger partial charge in [0, 0.05) is 38.2 Å². The highest BCUT2D eigenvalue weighted by molar-refractivity contribution is 6.32. The van der Waals surface area contributed by atoms with E-state index < -0.39 is 11.9 Å². The van der Waals surface area contributed by atoms with E-state index in [1.807, 2.05) is 0 Å². The van der Waals surface area contributed by atoms with Crippen LogP contribution in [0.25, 0.3) is 0 Å². The fourth-order valence-corrected chi connectivity index (χ4v) is 2.02. The summed E-state index contributed by atoms with van der Waals surface area (Å²) in [6.45, 7) is 2.84. The smallest absolute Gasteiger partial charge is 0.397 e. The molecule has 7 nitrogen and oxygen atoms in total. The van der Waals surface area contributed by atoms with Crippen molar-refractivity contribution in [3.05, 3.63) is 18.6 Å². The van der Waals surface area contributed by atoms with Crippen molar-refractivity contribution >= 4 is 11.9 Å². The first-order chi connectivity index (χ1) is 9.70. The van der Waals surface area contributed by atoms with Crippen LogP contribution in [0.3, 0.4) is 0 Å². The van der Waals surface area contributed by atoms with Crippen LogP contribution in [0.2, 0.25) is 0 Å². The zero-order valence-electron chi connectivity index (χ0n) is 11.3. The van der Waals surface area contributed by atoms with E-state index in [0.717, 1.165) is 0 Å². The first-order valence-electron chi connectivity index (χ1n) is 6.59. The summed E-state index contributed by atoms with van der Waals surface area (Å²) in [6, 6.07) is 1.69. The molecule has 1 saturated heterocycles. The Kier molecular flexibility index (Phi) is 4.86. The molecule has 0 bridgehead atoms. The van der Waals surface area contributed by atoms with E-state index in [9.17, 15) is 9.59 Å². The molecule has 1 aliphatic rings. The molecule has 0 aliphatic carbocycles. The largest absolute Gasteiger partial charge is 0.474 e. The molecule has 20 heavy (non-hydrogen) atoms. The number of esters is 1. The number of rotatable bonds is 3. The lowest BCUT2D eigenvalue weighted by atomic mass is 10.1. The predicted molar refractivity (Wildman–Crippen MR) is 68.9 cm³/mol. The summed E-state index contributed by atoms with van der Waals surface area (Å²) in [6.07, 6.45) is 4.36. The molecule has 1 aromatic rings. The molecular weight excluding hydrogens is 262 g/mol. The Morgan fingerprint density at radius 1 is 1.40 bits per heavy atom. The van der Waals surface area contributed by atoms with Crippen LogP contribution >= 0.6 is 0 Å². The van der Waals surface area contributed by atoms with Crippen LogP contribution in [0.5, 0.6) is 5.88 Å². The minimum absolute atomic E-state index is 0.00357. The fraction of sp³-hybridized carbons (Fsp3) is 0.538. The summed E-state index contributed by atoms with van der Waals surface area (Å²) in [7, 11) is 0. The summed E-state index contributed by atoms with van der Waals surface area (Å²) in [5.74, 6) is -0.842. The number of piperidine rings is 1. The van der Waals surface area contributed by atoms with Crippen LogP contribution in [0.15, 0.2) is 18.6 Å². The zero-order valence-corrected chi connectivity index (χ0v) is 11.3. The van der Waals surface area contributed by atoms with Crippen molar-refractivity contribution < 1.29 is 19.1 Å². The second-order valence-corrected chi connectivity index (χ2v) is 4.38. The number of nitrogens with zero attached hydrogens (tertiary/aromatic N) is 3. The van der Waals surface area contributed by atoms with E-state index >= 15 is 0 Å². The molecule has 0 atom stereocenters. The molecule has 1 aliphatic heterocycles. The Labute approximate surface area is 116 Å². The summed E-state index contributed by atoms with van der Waals surface area (Å²) in [5, 5.41) is 0. The van der Waals surface area contributed by atoms with Gasteiger partial charge in [0.05, 0.1) is 6.61 Å². The molecule has 0 saturated carbocycles. The zero-order chi connectivity index (χ0) is 14.4. The van der Waals surface area contributed by atoms with Gasteiger partial charge in [-0.2, -0.15) is 0 Å². The number of hydrogen-bond donors (Lipinski definition) is 0. The Balaban J connectivity index is 1.80. The first-order valence-corrected chi connectivity index (χ1v) is 6.59. The van der Waals surface area contributed by atoms with Crippen molar-refractivity contribution in [2.24, 2.45) is 0 Å². The molecule has 108 valence electrons. The lowest BCUT2D eigenvalue weighted by Crippen LogP contribution is -2.45. The Bertz CT molecular complexity index is 458. The summed E-state index contributed by atoms with van der Waals surface area (Å²) in [4.78, 5) is 32.4. The van der Waals surface area contributed by atoms with Crippen molar-refractivity contribution in [3.8, 4) is 5.88 Å². The van der Waals surface area contributed by atoms with Crippen molar-refractivity contribution in [3.63, 3.8) is 0 Å². The number of carbonyl (C=O) groups excluding carboxylic acids is 2. The first kappa shape index (κ1) is 14.2. The van der Waals surface area contributed by atoms with Gasteiger partial charge >= 0.3 is 11.9 Å². The molecule has 1 amide bonds. The molecule has 1 fully saturated rings. The average Bonchev–Trinajstić information content (AvgIpc) is 2.48. The third-order valence-corrected chi connectivity index (χ3v) is 3.02. The van der Waals surface area contributed by atoms with Crippen LogP contribution in [-0.2, 0) is 14.3 Å². The van der Waals surface area contributed by atoms with E-state index in [4.69, 9.17) is 9.47 Å². The number of aromatic nitrogens is 2.